The third-order valence-corrected chi connectivity index (χ3v) is 4.02. The van der Waals surface area contributed by atoms with Crippen molar-refractivity contribution in [2.24, 2.45) is 0 Å². The summed E-state index contributed by atoms with van der Waals surface area (Å²) >= 11 is 0. The summed E-state index contributed by atoms with van der Waals surface area (Å²) in [6, 6.07) is 7.19. The van der Waals surface area contributed by atoms with E-state index in [-0.39, 0.29) is 48.2 Å². The van der Waals surface area contributed by atoms with E-state index < -0.39 is 11.5 Å². The first kappa shape index (κ1) is 19.1. The number of nitrogens with two attached hydrogens (primary N) is 2. The minimum Gasteiger partial charge on any atom is -0.497 e. The Hall–Kier alpha value is -3.69. The van der Waals surface area contributed by atoms with Gasteiger partial charge >= 0.3 is 5.97 Å². The van der Waals surface area contributed by atoms with Gasteiger partial charge in [0.1, 0.15) is 17.0 Å². The topological polar surface area (TPSA) is 148 Å². The van der Waals surface area contributed by atoms with Crippen LogP contribution >= 0.6 is 0 Å². The number of fused-ring (bicyclic) bond motifs is 1. The molecule has 2 heterocycles. The number of carbonyl (C=O) groups is 1. The molecule has 0 atom stereocenters. The predicted octanol–water partition coefficient (Wildman–Crippen LogP) is 0.513. The van der Waals surface area contributed by atoms with Crippen molar-refractivity contribution < 1.29 is 14.3 Å². The monoisotopic (exact) mass is 384 g/mol. The molecular weight excluding hydrogens is 364 g/mol. The van der Waals surface area contributed by atoms with Crippen molar-refractivity contribution >= 4 is 28.9 Å². The summed E-state index contributed by atoms with van der Waals surface area (Å²) in [4.78, 5) is 37.1. The fourth-order valence-electron chi connectivity index (χ4n) is 2.73. The van der Waals surface area contributed by atoms with Crippen LogP contribution in [0.5, 0.6) is 5.75 Å². The van der Waals surface area contributed by atoms with Crippen LogP contribution in [0.1, 0.15) is 18.2 Å². The van der Waals surface area contributed by atoms with Gasteiger partial charge in [0.25, 0.3) is 5.56 Å². The number of anilines is 2. The summed E-state index contributed by atoms with van der Waals surface area (Å²) in [5.74, 6) is 0.0794. The first-order chi connectivity index (χ1) is 13.4. The van der Waals surface area contributed by atoms with Crippen molar-refractivity contribution in [3.8, 4) is 5.75 Å². The minimum absolute atomic E-state index is 0.000432. The second-order valence-corrected chi connectivity index (χ2v) is 5.92. The van der Waals surface area contributed by atoms with E-state index in [0.29, 0.717) is 5.75 Å². The van der Waals surface area contributed by atoms with E-state index in [4.69, 9.17) is 20.9 Å². The van der Waals surface area contributed by atoms with Gasteiger partial charge in [0, 0.05) is 0 Å². The smallest absolute Gasteiger partial charge is 0.312 e. The molecule has 0 spiro atoms. The lowest BCUT2D eigenvalue weighted by Crippen LogP contribution is -2.29. The number of benzene rings is 1. The number of aromatic nitrogens is 4. The Balaban J connectivity index is 2.15. The molecule has 3 aromatic rings. The molecule has 0 radical (unpaired) electrons. The van der Waals surface area contributed by atoms with E-state index in [1.807, 2.05) is 12.1 Å². The molecular formula is C18H20N6O4. The van der Waals surface area contributed by atoms with Crippen LogP contribution in [0.2, 0.25) is 0 Å². The zero-order valence-electron chi connectivity index (χ0n) is 15.5. The molecule has 0 unspecified atom stereocenters. The largest absolute Gasteiger partial charge is 0.497 e. The fraction of sp³-hybridized carbons (Fsp3) is 0.278. The standard InChI is InChI=1S/C18H20N6O4/c1-3-28-13(25)8-12-17(26)24(9-10-4-6-11(27-2)7-5-10)16-14(21-12)15(19)22-18(20)23-16/h4-7H,3,8-9H2,1-2H3,(H4,19,20,22,23). The van der Waals surface area contributed by atoms with Gasteiger partial charge in [0.2, 0.25) is 5.95 Å². The van der Waals surface area contributed by atoms with E-state index in [1.54, 1.807) is 26.2 Å². The molecule has 0 fully saturated rings. The second-order valence-electron chi connectivity index (χ2n) is 5.92. The third-order valence-electron chi connectivity index (χ3n) is 4.02. The quantitative estimate of drug-likeness (QED) is 0.580. The molecule has 28 heavy (non-hydrogen) atoms. The van der Waals surface area contributed by atoms with Crippen molar-refractivity contribution in [2.75, 3.05) is 25.2 Å². The normalized spacial score (nSPS) is 10.8. The number of rotatable bonds is 6. The fourth-order valence-corrected chi connectivity index (χ4v) is 2.73. The number of esters is 1. The van der Waals surface area contributed by atoms with Crippen LogP contribution in [-0.2, 0) is 22.5 Å². The predicted molar refractivity (Wildman–Crippen MR) is 103 cm³/mol. The number of ether oxygens (including phenoxy) is 2. The SMILES string of the molecule is CCOC(=O)Cc1nc2c(N)nc(N)nc2n(Cc2ccc(OC)cc2)c1=O. The third kappa shape index (κ3) is 3.85. The molecule has 4 N–H and O–H groups in total. The Morgan fingerprint density at radius 1 is 1.14 bits per heavy atom. The molecule has 0 bridgehead atoms. The first-order valence-electron chi connectivity index (χ1n) is 8.53. The molecule has 0 amide bonds. The van der Waals surface area contributed by atoms with Crippen LogP contribution in [0.3, 0.4) is 0 Å². The van der Waals surface area contributed by atoms with E-state index in [0.717, 1.165) is 5.56 Å². The molecule has 0 aliphatic carbocycles. The molecule has 0 saturated carbocycles. The number of hydrogen-bond donors (Lipinski definition) is 2. The number of nitrogen functional groups attached to an aromatic ring is 2. The Labute approximate surface area is 160 Å². The molecule has 0 aliphatic heterocycles. The highest BCUT2D eigenvalue weighted by Gasteiger charge is 2.18. The lowest BCUT2D eigenvalue weighted by molar-refractivity contribution is -0.142. The Morgan fingerprint density at radius 3 is 2.50 bits per heavy atom. The van der Waals surface area contributed by atoms with Crippen LogP contribution in [0.4, 0.5) is 11.8 Å². The van der Waals surface area contributed by atoms with Gasteiger partial charge in [0.15, 0.2) is 11.5 Å². The summed E-state index contributed by atoms with van der Waals surface area (Å²) in [5, 5.41) is 0. The average molecular weight is 384 g/mol. The number of hydrogen-bond acceptors (Lipinski definition) is 9. The van der Waals surface area contributed by atoms with Crippen molar-refractivity contribution in [3.63, 3.8) is 0 Å². The highest BCUT2D eigenvalue weighted by molar-refractivity contribution is 5.83. The summed E-state index contributed by atoms with van der Waals surface area (Å²) in [7, 11) is 1.57. The second kappa shape index (κ2) is 7.91. The molecule has 0 saturated heterocycles. The Kier molecular flexibility index (Phi) is 5.39. The summed E-state index contributed by atoms with van der Waals surface area (Å²) in [5.41, 5.74) is 12.3. The van der Waals surface area contributed by atoms with E-state index in [1.165, 1.54) is 4.57 Å². The number of methoxy groups -OCH3 is 1. The van der Waals surface area contributed by atoms with E-state index in [9.17, 15) is 9.59 Å². The van der Waals surface area contributed by atoms with Crippen LogP contribution in [0.25, 0.3) is 11.2 Å². The van der Waals surface area contributed by atoms with Crippen molar-refractivity contribution in [2.45, 2.75) is 19.9 Å². The van der Waals surface area contributed by atoms with E-state index >= 15 is 0 Å². The van der Waals surface area contributed by atoms with Gasteiger partial charge in [-0.25, -0.2) is 4.98 Å². The van der Waals surface area contributed by atoms with Crippen LogP contribution in [0.15, 0.2) is 29.1 Å². The first-order valence-corrected chi connectivity index (χ1v) is 8.53. The maximum atomic E-state index is 13.0. The lowest BCUT2D eigenvalue weighted by Gasteiger charge is -2.13. The average Bonchev–Trinajstić information content (AvgIpc) is 2.66. The van der Waals surface area contributed by atoms with Gasteiger partial charge in [-0.15, -0.1) is 0 Å². The molecule has 10 nitrogen and oxygen atoms in total. The van der Waals surface area contributed by atoms with Crippen LogP contribution in [0, 0.1) is 0 Å². The summed E-state index contributed by atoms with van der Waals surface area (Å²) < 4.78 is 11.4. The molecule has 10 heteroatoms. The summed E-state index contributed by atoms with van der Waals surface area (Å²) in [6.45, 7) is 2.06. The maximum Gasteiger partial charge on any atom is 0.312 e. The highest BCUT2D eigenvalue weighted by atomic mass is 16.5. The van der Waals surface area contributed by atoms with Gasteiger partial charge < -0.3 is 20.9 Å². The zero-order chi connectivity index (χ0) is 20.3. The molecule has 1 aromatic carbocycles. The van der Waals surface area contributed by atoms with Gasteiger partial charge in [0.05, 0.1) is 26.7 Å². The van der Waals surface area contributed by atoms with Gasteiger partial charge in [-0.3, -0.25) is 14.2 Å². The van der Waals surface area contributed by atoms with Gasteiger partial charge in [-0.1, -0.05) is 12.1 Å². The van der Waals surface area contributed by atoms with Crippen LogP contribution in [-0.4, -0.2) is 39.2 Å². The van der Waals surface area contributed by atoms with Gasteiger partial charge in [-0.05, 0) is 24.6 Å². The highest BCUT2D eigenvalue weighted by Crippen LogP contribution is 2.18. The Bertz CT molecular complexity index is 1080. The lowest BCUT2D eigenvalue weighted by atomic mass is 10.2. The number of nitrogens with zero attached hydrogens (tertiary/aromatic N) is 4. The minimum atomic E-state index is -0.558. The van der Waals surface area contributed by atoms with Crippen molar-refractivity contribution in [1.82, 2.24) is 19.5 Å². The van der Waals surface area contributed by atoms with Gasteiger partial charge in [-0.2, -0.15) is 9.97 Å². The zero-order valence-corrected chi connectivity index (χ0v) is 15.5. The molecule has 2 aromatic heterocycles. The Morgan fingerprint density at radius 2 is 1.86 bits per heavy atom. The van der Waals surface area contributed by atoms with Crippen molar-refractivity contribution in [3.05, 3.63) is 45.9 Å². The molecule has 3 rings (SSSR count). The van der Waals surface area contributed by atoms with E-state index in [2.05, 4.69) is 15.0 Å². The maximum absolute atomic E-state index is 13.0. The van der Waals surface area contributed by atoms with Crippen LogP contribution < -0.4 is 21.8 Å². The summed E-state index contributed by atoms with van der Waals surface area (Å²) in [6.07, 6.45) is -0.283. The van der Waals surface area contributed by atoms with Crippen molar-refractivity contribution in [1.29, 1.82) is 0 Å². The molecule has 146 valence electrons. The number of carbonyl (C=O) groups excluding carboxylic acids is 1. The molecule has 0 aliphatic rings.